The van der Waals surface area contributed by atoms with Crippen molar-refractivity contribution in [3.05, 3.63) is 21.4 Å². The van der Waals surface area contributed by atoms with Crippen molar-refractivity contribution >= 4 is 11.3 Å². The minimum Gasteiger partial charge on any atom is -0.376 e. The molecule has 1 rings (SSSR count). The molecule has 2 nitrogen and oxygen atoms in total. The molecule has 1 heterocycles. The van der Waals surface area contributed by atoms with Gasteiger partial charge >= 0.3 is 0 Å². The highest BCUT2D eigenvalue weighted by Crippen LogP contribution is 2.42. The van der Waals surface area contributed by atoms with Gasteiger partial charge in [0.1, 0.15) is 0 Å². The molecule has 27 heavy (non-hydrogen) atoms. The van der Waals surface area contributed by atoms with Crippen molar-refractivity contribution in [1.29, 1.82) is 0 Å². The summed E-state index contributed by atoms with van der Waals surface area (Å²) < 4.78 is 12.3. The molecule has 0 radical (unpaired) electrons. The van der Waals surface area contributed by atoms with Crippen LogP contribution in [0.2, 0.25) is 0 Å². The normalized spacial score (nSPS) is 14.0. The van der Waals surface area contributed by atoms with Gasteiger partial charge in [-0.3, -0.25) is 0 Å². The predicted molar refractivity (Wildman–Crippen MR) is 120 cm³/mol. The molecule has 0 fully saturated rings. The molecule has 0 spiro atoms. The lowest BCUT2D eigenvalue weighted by Gasteiger charge is -2.29. The van der Waals surface area contributed by atoms with Gasteiger partial charge in [0.25, 0.3) is 0 Å². The van der Waals surface area contributed by atoms with E-state index in [2.05, 4.69) is 82.2 Å². The third-order valence-corrected chi connectivity index (χ3v) is 7.63. The SMILES string of the molecule is CCC(C)(C)c1cc(COC(C)(C)CCOC(C)(C)C)c(C(C)(C)CC)s1. The summed E-state index contributed by atoms with van der Waals surface area (Å²) in [7, 11) is 0. The molecule has 0 aliphatic heterocycles. The van der Waals surface area contributed by atoms with Gasteiger partial charge < -0.3 is 9.47 Å². The Hall–Kier alpha value is -0.380. The van der Waals surface area contributed by atoms with Crippen molar-refractivity contribution in [1.82, 2.24) is 0 Å². The minimum absolute atomic E-state index is 0.0948. The van der Waals surface area contributed by atoms with Gasteiger partial charge in [-0.1, -0.05) is 41.5 Å². The summed E-state index contributed by atoms with van der Waals surface area (Å²) in [5, 5.41) is 0. The Labute approximate surface area is 173 Å². The Morgan fingerprint density at radius 3 is 1.85 bits per heavy atom. The number of rotatable bonds is 10. The van der Waals surface area contributed by atoms with Crippen molar-refractivity contribution in [3.8, 4) is 0 Å². The summed E-state index contributed by atoms with van der Waals surface area (Å²) >= 11 is 1.99. The Morgan fingerprint density at radius 1 is 0.815 bits per heavy atom. The smallest absolute Gasteiger partial charge is 0.0735 e. The van der Waals surface area contributed by atoms with E-state index in [-0.39, 0.29) is 22.0 Å². The zero-order chi connectivity index (χ0) is 21.1. The van der Waals surface area contributed by atoms with Crippen molar-refractivity contribution in [2.45, 2.75) is 124 Å². The average molecular weight is 397 g/mol. The summed E-state index contributed by atoms with van der Waals surface area (Å²) in [5.74, 6) is 0. The fourth-order valence-electron chi connectivity index (χ4n) is 2.73. The number of thiophene rings is 1. The van der Waals surface area contributed by atoms with E-state index in [4.69, 9.17) is 9.47 Å². The first kappa shape index (κ1) is 24.7. The van der Waals surface area contributed by atoms with Crippen LogP contribution >= 0.6 is 11.3 Å². The zero-order valence-electron chi connectivity index (χ0n) is 19.8. The Balaban J connectivity index is 2.95. The second-order valence-electron chi connectivity index (χ2n) is 10.7. The molecular formula is C24H44O2S. The minimum atomic E-state index is -0.193. The van der Waals surface area contributed by atoms with Crippen molar-refractivity contribution in [3.63, 3.8) is 0 Å². The number of hydrogen-bond donors (Lipinski definition) is 0. The fraction of sp³-hybridized carbons (Fsp3) is 0.833. The van der Waals surface area contributed by atoms with Crippen LogP contribution in [0.3, 0.4) is 0 Å². The van der Waals surface area contributed by atoms with E-state index in [1.165, 1.54) is 15.3 Å². The van der Waals surface area contributed by atoms with Gasteiger partial charge in [-0.25, -0.2) is 0 Å². The van der Waals surface area contributed by atoms with Crippen molar-refractivity contribution in [2.24, 2.45) is 0 Å². The van der Waals surface area contributed by atoms with E-state index >= 15 is 0 Å². The van der Waals surface area contributed by atoms with Crippen LogP contribution in [0.1, 0.15) is 111 Å². The first-order valence-electron chi connectivity index (χ1n) is 10.5. The van der Waals surface area contributed by atoms with Crippen molar-refractivity contribution in [2.75, 3.05) is 6.61 Å². The van der Waals surface area contributed by atoms with Crippen LogP contribution in [0.25, 0.3) is 0 Å². The van der Waals surface area contributed by atoms with Crippen LogP contribution in [-0.2, 0) is 26.9 Å². The van der Waals surface area contributed by atoms with Crippen LogP contribution in [0, 0.1) is 0 Å². The summed E-state index contributed by atoms with van der Waals surface area (Å²) in [6.07, 6.45) is 3.18. The van der Waals surface area contributed by atoms with E-state index in [0.29, 0.717) is 6.61 Å². The van der Waals surface area contributed by atoms with Gasteiger partial charge in [0, 0.05) is 16.4 Å². The predicted octanol–water partition coefficient (Wildman–Crippen LogP) is 7.62. The molecule has 158 valence electrons. The maximum absolute atomic E-state index is 6.40. The summed E-state index contributed by atoms with van der Waals surface area (Å²) in [6, 6.07) is 2.41. The third kappa shape index (κ3) is 7.51. The van der Waals surface area contributed by atoms with Gasteiger partial charge in [-0.2, -0.15) is 0 Å². The molecule has 0 N–H and O–H groups in total. The highest BCUT2D eigenvalue weighted by molar-refractivity contribution is 7.12. The van der Waals surface area contributed by atoms with Crippen LogP contribution in [0.15, 0.2) is 6.07 Å². The molecular weight excluding hydrogens is 352 g/mol. The van der Waals surface area contributed by atoms with Gasteiger partial charge in [0.2, 0.25) is 0 Å². The number of hydrogen-bond acceptors (Lipinski definition) is 3. The van der Waals surface area contributed by atoms with E-state index in [9.17, 15) is 0 Å². The standard InChI is InChI=1S/C24H44O2S/c1-12-22(6,7)19-16-18(20(27-19)23(8,9)13-2)17-26-24(10,11)14-15-25-21(3,4)5/h16H,12-15,17H2,1-11H3. The molecule has 0 saturated heterocycles. The molecule has 0 amide bonds. The second-order valence-corrected chi connectivity index (χ2v) is 11.8. The van der Waals surface area contributed by atoms with Gasteiger partial charge in [-0.05, 0) is 76.3 Å². The van der Waals surface area contributed by atoms with Gasteiger partial charge in [0.15, 0.2) is 0 Å². The van der Waals surface area contributed by atoms with E-state index in [1.54, 1.807) is 0 Å². The van der Waals surface area contributed by atoms with E-state index < -0.39 is 0 Å². The lowest BCUT2D eigenvalue weighted by atomic mass is 9.85. The number of ether oxygens (including phenoxy) is 2. The highest BCUT2D eigenvalue weighted by atomic mass is 32.1. The first-order chi connectivity index (χ1) is 12.1. The Morgan fingerprint density at radius 2 is 1.37 bits per heavy atom. The second kappa shape index (κ2) is 8.97. The van der Waals surface area contributed by atoms with Gasteiger partial charge in [-0.15, -0.1) is 11.3 Å². The van der Waals surface area contributed by atoms with Crippen LogP contribution in [0.4, 0.5) is 0 Å². The fourth-order valence-corrected chi connectivity index (χ4v) is 4.24. The lowest BCUT2D eigenvalue weighted by Crippen LogP contribution is -2.29. The van der Waals surface area contributed by atoms with E-state index in [1.807, 2.05) is 11.3 Å². The molecule has 0 bridgehead atoms. The first-order valence-corrected chi connectivity index (χ1v) is 11.4. The van der Waals surface area contributed by atoms with Crippen LogP contribution in [0.5, 0.6) is 0 Å². The molecule has 0 saturated carbocycles. The summed E-state index contributed by atoms with van der Waals surface area (Å²) in [5.41, 5.74) is 1.49. The monoisotopic (exact) mass is 396 g/mol. The highest BCUT2D eigenvalue weighted by Gasteiger charge is 2.30. The third-order valence-electron chi connectivity index (χ3n) is 5.72. The molecule has 0 atom stereocenters. The summed E-state index contributed by atoms with van der Waals surface area (Å²) in [4.78, 5) is 2.97. The van der Waals surface area contributed by atoms with Gasteiger partial charge in [0.05, 0.1) is 17.8 Å². The summed E-state index contributed by atoms with van der Waals surface area (Å²) in [6.45, 7) is 26.0. The molecule has 1 aromatic rings. The van der Waals surface area contributed by atoms with E-state index in [0.717, 1.165) is 25.9 Å². The maximum Gasteiger partial charge on any atom is 0.0735 e. The topological polar surface area (TPSA) is 18.5 Å². The molecule has 0 aromatic carbocycles. The largest absolute Gasteiger partial charge is 0.376 e. The molecule has 0 aliphatic rings. The average Bonchev–Trinajstić information content (AvgIpc) is 2.97. The Kier molecular flexibility index (Phi) is 8.19. The molecule has 3 heteroatoms. The molecule has 1 aromatic heterocycles. The lowest BCUT2D eigenvalue weighted by molar-refractivity contribution is -0.0732. The molecule has 0 unspecified atom stereocenters. The molecule has 0 aliphatic carbocycles. The zero-order valence-corrected chi connectivity index (χ0v) is 20.7. The maximum atomic E-state index is 6.40. The van der Waals surface area contributed by atoms with Crippen LogP contribution in [-0.4, -0.2) is 17.8 Å². The van der Waals surface area contributed by atoms with Crippen LogP contribution < -0.4 is 0 Å². The quantitative estimate of drug-likeness (QED) is 0.405. The Bertz CT molecular complexity index is 588. The van der Waals surface area contributed by atoms with Crippen molar-refractivity contribution < 1.29 is 9.47 Å².